The largest absolute Gasteiger partial charge is 0.454 e. The summed E-state index contributed by atoms with van der Waals surface area (Å²) in [5.74, 6) is 1.83. The summed E-state index contributed by atoms with van der Waals surface area (Å²) in [6.45, 7) is 3.02. The second kappa shape index (κ2) is 9.58. The quantitative estimate of drug-likeness (QED) is 0.379. The summed E-state index contributed by atoms with van der Waals surface area (Å²) in [5.41, 5.74) is 1.10. The van der Waals surface area contributed by atoms with Crippen molar-refractivity contribution in [3.63, 3.8) is 0 Å². The molecular weight excluding hydrogens is 501 g/mol. The van der Waals surface area contributed by atoms with Crippen LogP contribution in [0.15, 0.2) is 38.6 Å². The predicted molar refractivity (Wildman–Crippen MR) is 110 cm³/mol. The fourth-order valence-corrected chi connectivity index (χ4v) is 3.11. The predicted octanol–water partition coefficient (Wildman–Crippen LogP) is 2.59. The minimum atomic E-state index is 0. The first kappa shape index (κ1) is 20.2. The van der Waals surface area contributed by atoms with Gasteiger partial charge in [0.25, 0.3) is 0 Å². The Morgan fingerprint density at radius 2 is 2.32 bits per heavy atom. The van der Waals surface area contributed by atoms with Gasteiger partial charge in [-0.2, -0.15) is 5.10 Å². The van der Waals surface area contributed by atoms with Crippen LogP contribution in [0.5, 0.6) is 0 Å². The van der Waals surface area contributed by atoms with Gasteiger partial charge in [-0.05, 0) is 28.1 Å². The summed E-state index contributed by atoms with van der Waals surface area (Å²) in [4.78, 5) is 6.62. The number of aryl methyl sites for hydroxylation is 1. The third kappa shape index (κ3) is 5.45. The number of rotatable bonds is 4. The SMILES string of the molecule is CN=C(NCCc1ccc(Br)o1)N1CCOC(c2cnn(C)c2)C1.I. The maximum absolute atomic E-state index is 5.88. The number of morpholine rings is 1. The molecule has 25 heavy (non-hydrogen) atoms. The highest BCUT2D eigenvalue weighted by Crippen LogP contribution is 2.21. The van der Waals surface area contributed by atoms with Gasteiger partial charge in [0.2, 0.25) is 0 Å². The molecule has 1 fully saturated rings. The Kier molecular flexibility index (Phi) is 7.76. The highest BCUT2D eigenvalue weighted by Gasteiger charge is 2.25. The van der Waals surface area contributed by atoms with E-state index in [0.717, 1.165) is 48.0 Å². The van der Waals surface area contributed by atoms with E-state index in [1.165, 1.54) is 0 Å². The number of halogens is 2. The highest BCUT2D eigenvalue weighted by atomic mass is 127. The van der Waals surface area contributed by atoms with E-state index in [0.29, 0.717) is 6.61 Å². The third-order valence-electron chi connectivity index (χ3n) is 3.96. The topological polar surface area (TPSA) is 67.8 Å². The molecule has 1 atom stereocenters. The number of hydrogen-bond acceptors (Lipinski definition) is 4. The maximum atomic E-state index is 5.88. The van der Waals surface area contributed by atoms with Crippen LogP contribution < -0.4 is 5.32 Å². The van der Waals surface area contributed by atoms with Gasteiger partial charge in [0.05, 0.1) is 19.3 Å². The molecule has 1 saturated heterocycles. The van der Waals surface area contributed by atoms with E-state index in [2.05, 4.69) is 36.2 Å². The fourth-order valence-electron chi connectivity index (χ4n) is 2.77. The Balaban J connectivity index is 0.00000225. The van der Waals surface area contributed by atoms with E-state index in [1.54, 1.807) is 11.7 Å². The second-order valence-electron chi connectivity index (χ2n) is 5.68. The maximum Gasteiger partial charge on any atom is 0.193 e. The molecule has 0 spiro atoms. The molecule has 7 nitrogen and oxygen atoms in total. The van der Waals surface area contributed by atoms with E-state index >= 15 is 0 Å². The molecule has 1 aliphatic rings. The Morgan fingerprint density at radius 1 is 1.48 bits per heavy atom. The molecule has 2 aromatic heterocycles. The minimum Gasteiger partial charge on any atom is -0.454 e. The summed E-state index contributed by atoms with van der Waals surface area (Å²) in [6.07, 6.45) is 4.69. The lowest BCUT2D eigenvalue weighted by atomic mass is 10.1. The first-order valence-corrected chi connectivity index (χ1v) is 8.75. The van der Waals surface area contributed by atoms with Gasteiger partial charge in [0, 0.05) is 45.4 Å². The zero-order chi connectivity index (χ0) is 16.9. The van der Waals surface area contributed by atoms with Crippen LogP contribution in [0.4, 0.5) is 0 Å². The lowest BCUT2D eigenvalue weighted by Crippen LogP contribution is -2.48. The van der Waals surface area contributed by atoms with Crippen molar-refractivity contribution in [3.8, 4) is 0 Å². The Labute approximate surface area is 172 Å². The summed E-state index contributed by atoms with van der Waals surface area (Å²) < 4.78 is 14.0. The van der Waals surface area contributed by atoms with Gasteiger partial charge in [0.1, 0.15) is 11.9 Å². The Morgan fingerprint density at radius 3 is 2.96 bits per heavy atom. The molecule has 0 amide bonds. The number of hydrogen-bond donors (Lipinski definition) is 1. The van der Waals surface area contributed by atoms with Crippen LogP contribution in [0, 0.1) is 0 Å². The number of nitrogens with zero attached hydrogens (tertiary/aromatic N) is 4. The van der Waals surface area contributed by atoms with Crippen molar-refractivity contribution in [3.05, 3.63) is 40.5 Å². The average molecular weight is 524 g/mol. The normalized spacial score (nSPS) is 18.1. The number of aliphatic imine (C=N–C) groups is 1. The second-order valence-corrected chi connectivity index (χ2v) is 6.46. The third-order valence-corrected chi connectivity index (χ3v) is 4.38. The molecule has 3 rings (SSSR count). The van der Waals surface area contributed by atoms with Crippen molar-refractivity contribution in [2.24, 2.45) is 12.0 Å². The van der Waals surface area contributed by atoms with E-state index in [-0.39, 0.29) is 30.1 Å². The fraction of sp³-hybridized carbons (Fsp3) is 0.500. The standard InChI is InChI=1S/C16H22BrN5O2.HI/c1-18-16(19-6-5-13-3-4-15(17)24-13)22-7-8-23-14(11-22)12-9-20-21(2)10-12;/h3-4,9-10,14H,5-8,11H2,1-2H3,(H,18,19);1H. The van der Waals surface area contributed by atoms with Crippen LogP contribution in [0.1, 0.15) is 17.4 Å². The van der Waals surface area contributed by atoms with E-state index in [4.69, 9.17) is 9.15 Å². The summed E-state index contributed by atoms with van der Waals surface area (Å²) >= 11 is 3.32. The van der Waals surface area contributed by atoms with Gasteiger partial charge in [-0.25, -0.2) is 0 Å². The van der Waals surface area contributed by atoms with Crippen molar-refractivity contribution in [1.82, 2.24) is 20.0 Å². The first-order chi connectivity index (χ1) is 11.7. The van der Waals surface area contributed by atoms with Gasteiger partial charge in [-0.15, -0.1) is 24.0 Å². The lowest BCUT2D eigenvalue weighted by Gasteiger charge is -2.34. The van der Waals surface area contributed by atoms with Crippen LogP contribution in [-0.2, 0) is 18.2 Å². The van der Waals surface area contributed by atoms with Gasteiger partial charge in [0.15, 0.2) is 10.6 Å². The molecule has 0 radical (unpaired) electrons. The summed E-state index contributed by atoms with van der Waals surface area (Å²) in [6, 6.07) is 3.88. The van der Waals surface area contributed by atoms with Crippen LogP contribution in [0.25, 0.3) is 0 Å². The van der Waals surface area contributed by atoms with Crippen LogP contribution >= 0.6 is 39.9 Å². The number of nitrogens with one attached hydrogen (secondary N) is 1. The lowest BCUT2D eigenvalue weighted by molar-refractivity contribution is -0.00801. The summed E-state index contributed by atoms with van der Waals surface area (Å²) in [5, 5.41) is 7.62. The molecular formula is C16H23BrIN5O2. The molecule has 0 aliphatic carbocycles. The van der Waals surface area contributed by atoms with Crippen LogP contribution in [-0.4, -0.2) is 53.9 Å². The molecule has 1 N–H and O–H groups in total. The van der Waals surface area contributed by atoms with Gasteiger partial charge < -0.3 is 19.4 Å². The molecule has 0 saturated carbocycles. The number of furan rings is 1. The Bertz CT molecular complexity index is 702. The average Bonchev–Trinajstić information content (AvgIpc) is 3.20. The van der Waals surface area contributed by atoms with E-state index in [9.17, 15) is 0 Å². The van der Waals surface area contributed by atoms with Crippen molar-refractivity contribution >= 4 is 45.9 Å². The van der Waals surface area contributed by atoms with Gasteiger partial charge in [-0.3, -0.25) is 9.67 Å². The van der Waals surface area contributed by atoms with Crippen LogP contribution in [0.2, 0.25) is 0 Å². The van der Waals surface area contributed by atoms with Gasteiger partial charge >= 0.3 is 0 Å². The molecule has 0 bridgehead atoms. The molecule has 9 heteroatoms. The van der Waals surface area contributed by atoms with Crippen LogP contribution in [0.3, 0.4) is 0 Å². The molecule has 2 aromatic rings. The highest BCUT2D eigenvalue weighted by molar-refractivity contribution is 14.0. The molecule has 3 heterocycles. The summed E-state index contributed by atoms with van der Waals surface area (Å²) in [7, 11) is 3.72. The molecule has 1 unspecified atom stereocenters. The van der Waals surface area contributed by atoms with Gasteiger partial charge in [-0.1, -0.05) is 0 Å². The molecule has 138 valence electrons. The minimum absolute atomic E-state index is 0. The smallest absolute Gasteiger partial charge is 0.193 e. The number of aromatic nitrogens is 2. The van der Waals surface area contributed by atoms with Crippen molar-refractivity contribution in [1.29, 1.82) is 0 Å². The monoisotopic (exact) mass is 523 g/mol. The van der Waals surface area contributed by atoms with Crippen molar-refractivity contribution < 1.29 is 9.15 Å². The zero-order valence-electron chi connectivity index (χ0n) is 14.3. The number of ether oxygens (including phenoxy) is 1. The van der Waals surface area contributed by atoms with Crippen molar-refractivity contribution in [2.45, 2.75) is 12.5 Å². The van der Waals surface area contributed by atoms with Crippen molar-refractivity contribution in [2.75, 3.05) is 33.3 Å². The first-order valence-electron chi connectivity index (χ1n) is 7.95. The van der Waals surface area contributed by atoms with E-state index in [1.807, 2.05) is 31.6 Å². The number of guanidine groups is 1. The Hall–Kier alpha value is -1.07. The van der Waals surface area contributed by atoms with E-state index < -0.39 is 0 Å². The molecule has 1 aliphatic heterocycles. The molecule has 0 aromatic carbocycles. The zero-order valence-corrected chi connectivity index (χ0v) is 18.2.